The van der Waals surface area contributed by atoms with Crippen LogP contribution in [-0.4, -0.2) is 56.4 Å². The minimum absolute atomic E-state index is 0.0605. The lowest BCUT2D eigenvalue weighted by Gasteiger charge is -2.37. The van der Waals surface area contributed by atoms with Gasteiger partial charge < -0.3 is 14.4 Å². The van der Waals surface area contributed by atoms with Crippen LogP contribution in [0.25, 0.3) is 0 Å². The van der Waals surface area contributed by atoms with E-state index in [2.05, 4.69) is 0 Å². The maximum atomic E-state index is 14.2. The van der Waals surface area contributed by atoms with Gasteiger partial charge in [0.15, 0.2) is 11.6 Å². The van der Waals surface area contributed by atoms with E-state index in [1.54, 1.807) is 53.5 Å². The monoisotopic (exact) mass is 546 g/mol. The Labute approximate surface area is 221 Å². The lowest BCUT2D eigenvalue weighted by Crippen LogP contribution is -2.49. The molecule has 1 aliphatic heterocycles. The third kappa shape index (κ3) is 5.81. The first-order valence-electron chi connectivity index (χ1n) is 12.1. The van der Waals surface area contributed by atoms with E-state index in [1.807, 2.05) is 18.4 Å². The van der Waals surface area contributed by atoms with E-state index in [1.165, 1.54) is 29.6 Å². The van der Waals surface area contributed by atoms with Crippen LogP contribution in [0.3, 0.4) is 0 Å². The summed E-state index contributed by atoms with van der Waals surface area (Å²) in [5.74, 6) is -0.144. The fourth-order valence-corrected chi connectivity index (χ4v) is 6.98. The van der Waals surface area contributed by atoms with E-state index in [0.29, 0.717) is 25.1 Å². The van der Waals surface area contributed by atoms with Gasteiger partial charge in [-0.25, -0.2) is 12.8 Å². The number of carbonyl (C=O) groups excluding carboxylic acids is 1. The van der Waals surface area contributed by atoms with Crippen LogP contribution in [0.15, 0.2) is 64.9 Å². The standard InChI is InChI=1S/C27H31FN2O5S2/c1-4-19(2)30(37(32,33)21-11-9-20(34-3)10-12-21)17-27(31)29-15-13-26-22(14-16-36-26)24(29)18-35-25-8-6-5-7-23(25)28/h5-12,14,16,19,24H,4,13,15,17-18H2,1-3H3/t19-,24+/m0/s1. The Hall–Kier alpha value is -2.95. The van der Waals surface area contributed by atoms with Crippen molar-refractivity contribution in [1.29, 1.82) is 0 Å². The van der Waals surface area contributed by atoms with Gasteiger partial charge in [-0.05, 0) is 73.2 Å². The molecule has 0 unspecified atom stereocenters. The highest BCUT2D eigenvalue weighted by Crippen LogP contribution is 2.34. The first kappa shape index (κ1) is 27.1. The average Bonchev–Trinajstić information content (AvgIpc) is 3.39. The van der Waals surface area contributed by atoms with E-state index in [4.69, 9.17) is 9.47 Å². The largest absolute Gasteiger partial charge is 0.497 e. The van der Waals surface area contributed by atoms with Gasteiger partial charge in [-0.1, -0.05) is 19.1 Å². The van der Waals surface area contributed by atoms with Gasteiger partial charge in [0.05, 0.1) is 24.6 Å². The molecule has 2 aromatic carbocycles. The summed E-state index contributed by atoms with van der Waals surface area (Å²) < 4.78 is 53.6. The molecule has 0 bridgehead atoms. The summed E-state index contributed by atoms with van der Waals surface area (Å²) in [4.78, 5) is 16.6. The van der Waals surface area contributed by atoms with Gasteiger partial charge in [0, 0.05) is 17.5 Å². The zero-order chi connectivity index (χ0) is 26.6. The zero-order valence-corrected chi connectivity index (χ0v) is 22.7. The van der Waals surface area contributed by atoms with Crippen molar-refractivity contribution in [3.05, 3.63) is 76.2 Å². The molecule has 0 saturated carbocycles. The minimum atomic E-state index is -3.95. The smallest absolute Gasteiger partial charge is 0.243 e. The number of benzene rings is 2. The number of halogens is 1. The summed E-state index contributed by atoms with van der Waals surface area (Å²) in [5.41, 5.74) is 0.953. The van der Waals surface area contributed by atoms with Crippen LogP contribution in [0.5, 0.6) is 11.5 Å². The summed E-state index contributed by atoms with van der Waals surface area (Å²) in [5, 5.41) is 1.97. The number of nitrogens with zero attached hydrogens (tertiary/aromatic N) is 2. The van der Waals surface area contributed by atoms with Crippen LogP contribution in [0.2, 0.25) is 0 Å². The Morgan fingerprint density at radius 2 is 1.92 bits per heavy atom. The number of fused-ring (bicyclic) bond motifs is 1. The molecule has 0 N–H and O–H groups in total. The Morgan fingerprint density at radius 1 is 1.19 bits per heavy atom. The third-order valence-electron chi connectivity index (χ3n) is 6.69. The van der Waals surface area contributed by atoms with Gasteiger partial charge in [0.25, 0.3) is 0 Å². The van der Waals surface area contributed by atoms with Crippen LogP contribution in [0, 0.1) is 5.82 Å². The number of ether oxygens (including phenoxy) is 2. The van der Waals surface area contributed by atoms with Gasteiger partial charge in [0.1, 0.15) is 12.4 Å². The first-order valence-corrected chi connectivity index (χ1v) is 14.5. The molecule has 0 radical (unpaired) electrons. The fourth-order valence-electron chi connectivity index (χ4n) is 4.39. The first-order chi connectivity index (χ1) is 17.8. The molecule has 37 heavy (non-hydrogen) atoms. The van der Waals surface area contributed by atoms with E-state index < -0.39 is 27.9 Å². The van der Waals surface area contributed by atoms with Crippen LogP contribution >= 0.6 is 11.3 Å². The Bertz CT molecular complexity index is 1330. The molecule has 2 heterocycles. The second-order valence-electron chi connectivity index (χ2n) is 8.88. The van der Waals surface area contributed by atoms with E-state index in [0.717, 1.165) is 10.4 Å². The quantitative estimate of drug-likeness (QED) is 0.362. The average molecular weight is 547 g/mol. The summed E-state index contributed by atoms with van der Waals surface area (Å²) in [6.07, 6.45) is 1.21. The molecule has 0 aliphatic carbocycles. The molecule has 1 aliphatic rings. The lowest BCUT2D eigenvalue weighted by atomic mass is 10.0. The van der Waals surface area contributed by atoms with Crippen molar-refractivity contribution in [2.24, 2.45) is 0 Å². The second kappa shape index (κ2) is 11.6. The number of carbonyl (C=O) groups is 1. The molecule has 0 fully saturated rings. The highest BCUT2D eigenvalue weighted by atomic mass is 32.2. The number of hydrogen-bond donors (Lipinski definition) is 0. The lowest BCUT2D eigenvalue weighted by molar-refractivity contribution is -0.135. The number of amides is 1. The molecule has 0 spiro atoms. The predicted molar refractivity (Wildman–Crippen MR) is 141 cm³/mol. The Balaban J connectivity index is 1.59. The number of methoxy groups -OCH3 is 1. The number of sulfonamides is 1. The molecule has 7 nitrogen and oxygen atoms in total. The Morgan fingerprint density at radius 3 is 2.59 bits per heavy atom. The molecule has 3 aromatic rings. The van der Waals surface area contributed by atoms with Gasteiger partial charge in [-0.2, -0.15) is 4.31 Å². The highest BCUT2D eigenvalue weighted by Gasteiger charge is 2.36. The van der Waals surface area contributed by atoms with Gasteiger partial charge >= 0.3 is 0 Å². The highest BCUT2D eigenvalue weighted by molar-refractivity contribution is 7.89. The summed E-state index contributed by atoms with van der Waals surface area (Å²) in [6.45, 7) is 3.86. The van der Waals surface area contributed by atoms with Crippen LogP contribution in [-0.2, 0) is 21.2 Å². The van der Waals surface area contributed by atoms with Crippen molar-refractivity contribution >= 4 is 27.3 Å². The van der Waals surface area contributed by atoms with Crippen molar-refractivity contribution < 1.29 is 27.1 Å². The van der Waals surface area contributed by atoms with Crippen molar-refractivity contribution in [3.63, 3.8) is 0 Å². The van der Waals surface area contributed by atoms with E-state index in [9.17, 15) is 17.6 Å². The van der Waals surface area contributed by atoms with Crippen molar-refractivity contribution in [1.82, 2.24) is 9.21 Å². The molecule has 1 amide bonds. The van der Waals surface area contributed by atoms with Gasteiger partial charge in [-0.3, -0.25) is 4.79 Å². The molecule has 4 rings (SSSR count). The van der Waals surface area contributed by atoms with Crippen molar-refractivity contribution in [2.45, 2.75) is 43.7 Å². The number of rotatable bonds is 10. The molecule has 1 aromatic heterocycles. The normalized spacial score (nSPS) is 16.4. The zero-order valence-electron chi connectivity index (χ0n) is 21.1. The SMILES string of the molecule is CC[C@H](C)N(CC(=O)N1CCc2sccc2[C@H]1COc1ccccc1F)S(=O)(=O)c1ccc(OC)cc1. The Kier molecular flexibility index (Phi) is 8.51. The van der Waals surface area contributed by atoms with Crippen molar-refractivity contribution in [3.8, 4) is 11.5 Å². The van der Waals surface area contributed by atoms with Crippen LogP contribution in [0.1, 0.15) is 36.8 Å². The maximum absolute atomic E-state index is 14.2. The minimum Gasteiger partial charge on any atom is -0.497 e. The molecular formula is C27H31FN2O5S2. The molecule has 10 heteroatoms. The number of thiophene rings is 1. The maximum Gasteiger partial charge on any atom is 0.243 e. The van der Waals surface area contributed by atoms with E-state index >= 15 is 0 Å². The van der Waals surface area contributed by atoms with E-state index in [-0.39, 0.29) is 29.7 Å². The predicted octanol–water partition coefficient (Wildman–Crippen LogP) is 4.89. The summed E-state index contributed by atoms with van der Waals surface area (Å²) in [6, 6.07) is 13.4. The molecule has 0 saturated heterocycles. The topological polar surface area (TPSA) is 76.2 Å². The summed E-state index contributed by atoms with van der Waals surface area (Å²) >= 11 is 1.61. The van der Waals surface area contributed by atoms with Crippen LogP contribution in [0.4, 0.5) is 4.39 Å². The molecular weight excluding hydrogens is 515 g/mol. The molecule has 2 atom stereocenters. The number of para-hydroxylation sites is 1. The van der Waals surface area contributed by atoms with Crippen molar-refractivity contribution in [2.75, 3.05) is 26.8 Å². The van der Waals surface area contributed by atoms with Gasteiger partial charge in [-0.15, -0.1) is 11.3 Å². The van der Waals surface area contributed by atoms with Gasteiger partial charge in [0.2, 0.25) is 15.9 Å². The second-order valence-corrected chi connectivity index (χ2v) is 11.8. The summed E-state index contributed by atoms with van der Waals surface area (Å²) in [7, 11) is -2.44. The third-order valence-corrected chi connectivity index (χ3v) is 9.66. The number of hydrogen-bond acceptors (Lipinski definition) is 6. The molecule has 198 valence electrons. The fraction of sp³-hybridized carbons (Fsp3) is 0.370. The van der Waals surface area contributed by atoms with Crippen LogP contribution < -0.4 is 9.47 Å².